The largest absolute Gasteiger partial charge is 0.481 e. The number of rotatable bonds is 5. The lowest BCUT2D eigenvalue weighted by Gasteiger charge is -2.24. The van der Waals surface area contributed by atoms with Gasteiger partial charge in [-0.3, -0.25) is 4.79 Å². The molecule has 0 spiro atoms. The first-order valence-electron chi connectivity index (χ1n) is 5.05. The Hall–Kier alpha value is -0.800. The Balaban J connectivity index is 2.46. The van der Waals surface area contributed by atoms with Gasteiger partial charge in [0.1, 0.15) is 0 Å². The van der Waals surface area contributed by atoms with Gasteiger partial charge in [0.25, 0.3) is 0 Å². The molecule has 0 bridgehead atoms. The molecular weight excluding hydrogens is 214 g/mol. The van der Waals surface area contributed by atoms with Gasteiger partial charge in [0, 0.05) is 6.42 Å². The minimum absolute atomic E-state index is 0.169. The summed E-state index contributed by atoms with van der Waals surface area (Å²) in [7, 11) is 0. The lowest BCUT2D eigenvalue weighted by molar-refractivity contribution is -0.136. The van der Waals surface area contributed by atoms with Crippen LogP contribution in [0.2, 0.25) is 0 Å². The average Bonchev–Trinajstić information content (AvgIpc) is 2.17. The van der Waals surface area contributed by atoms with Crippen LogP contribution < -0.4 is 5.73 Å². The zero-order valence-corrected chi connectivity index (χ0v) is 9.33. The third kappa shape index (κ3) is 4.06. The molecule has 1 aliphatic rings. The molecule has 0 aliphatic heterocycles. The lowest BCUT2D eigenvalue weighted by Crippen LogP contribution is -2.23. The first-order valence-corrected chi connectivity index (χ1v) is 5.42. The molecule has 3 nitrogen and oxygen atoms in total. The van der Waals surface area contributed by atoms with E-state index in [9.17, 15) is 4.79 Å². The van der Waals surface area contributed by atoms with E-state index in [1.807, 2.05) is 18.2 Å². The molecule has 1 aliphatic carbocycles. The molecular formula is C11H16ClNO2. The number of nitrogens with two attached hydrogens (primary N) is 1. The number of aliphatic carboxylic acids is 1. The number of hydrogen-bond donors (Lipinski definition) is 2. The summed E-state index contributed by atoms with van der Waals surface area (Å²) < 4.78 is 0. The second-order valence-electron chi connectivity index (χ2n) is 3.78. The second kappa shape index (κ2) is 5.33. The van der Waals surface area contributed by atoms with Crippen LogP contribution in [0.1, 0.15) is 25.7 Å². The van der Waals surface area contributed by atoms with Gasteiger partial charge in [-0.2, -0.15) is 0 Å². The van der Waals surface area contributed by atoms with Crippen LogP contribution in [-0.4, -0.2) is 22.5 Å². The van der Waals surface area contributed by atoms with Crippen molar-refractivity contribution in [2.75, 3.05) is 6.54 Å². The number of alkyl halides is 1. The van der Waals surface area contributed by atoms with Crippen molar-refractivity contribution in [1.29, 1.82) is 0 Å². The highest BCUT2D eigenvalue weighted by Gasteiger charge is 2.24. The Bertz CT molecular complexity index is 299. The predicted octanol–water partition coefficient (Wildman–Crippen LogP) is 2.06. The summed E-state index contributed by atoms with van der Waals surface area (Å²) >= 11 is 6.28. The van der Waals surface area contributed by atoms with Crippen LogP contribution in [0.3, 0.4) is 0 Å². The molecule has 3 N–H and O–H groups in total. The van der Waals surface area contributed by atoms with E-state index >= 15 is 0 Å². The molecule has 4 heteroatoms. The maximum Gasteiger partial charge on any atom is 0.303 e. The molecule has 0 amide bonds. The van der Waals surface area contributed by atoms with E-state index in [1.54, 1.807) is 0 Å². The first-order chi connectivity index (χ1) is 7.06. The van der Waals surface area contributed by atoms with Gasteiger partial charge in [0.2, 0.25) is 0 Å². The topological polar surface area (TPSA) is 63.3 Å². The Labute approximate surface area is 94.6 Å². The third-order valence-electron chi connectivity index (χ3n) is 2.49. The number of hydrogen-bond acceptors (Lipinski definition) is 2. The van der Waals surface area contributed by atoms with E-state index < -0.39 is 5.97 Å². The standard InChI is InChI=1S/C11H16ClNO2/c12-11(7-8-13)5-3-9(4-6-11)1-2-10(14)15/h3-5H,1-2,6-8,13H2,(H,14,15). The van der Waals surface area contributed by atoms with E-state index in [0.29, 0.717) is 13.0 Å². The molecule has 15 heavy (non-hydrogen) atoms. The Morgan fingerprint density at radius 1 is 1.67 bits per heavy atom. The smallest absolute Gasteiger partial charge is 0.303 e. The maximum atomic E-state index is 10.4. The highest BCUT2D eigenvalue weighted by atomic mass is 35.5. The molecule has 1 unspecified atom stereocenters. The quantitative estimate of drug-likeness (QED) is 0.710. The van der Waals surface area contributed by atoms with Crippen LogP contribution in [-0.2, 0) is 4.79 Å². The molecule has 0 radical (unpaired) electrons. The fourth-order valence-corrected chi connectivity index (χ4v) is 1.80. The van der Waals surface area contributed by atoms with Crippen LogP contribution in [0.4, 0.5) is 0 Å². The molecule has 0 aromatic rings. The molecule has 0 saturated heterocycles. The molecule has 0 heterocycles. The van der Waals surface area contributed by atoms with Crippen molar-refractivity contribution in [2.45, 2.75) is 30.6 Å². The van der Waals surface area contributed by atoms with E-state index in [0.717, 1.165) is 18.4 Å². The number of halogens is 1. The normalized spacial score (nSPS) is 25.1. The van der Waals surface area contributed by atoms with Crippen LogP contribution >= 0.6 is 11.6 Å². The SMILES string of the molecule is NCCC1(Cl)C=CC(CCC(=O)O)=CC1. The monoisotopic (exact) mass is 229 g/mol. The summed E-state index contributed by atoms with van der Waals surface area (Å²) in [5, 5.41) is 8.54. The number of carboxylic acids is 1. The van der Waals surface area contributed by atoms with Crippen molar-refractivity contribution in [2.24, 2.45) is 5.73 Å². The van der Waals surface area contributed by atoms with Crippen LogP contribution in [0.25, 0.3) is 0 Å². The highest BCUT2D eigenvalue weighted by molar-refractivity contribution is 6.25. The summed E-state index contributed by atoms with van der Waals surface area (Å²) in [6, 6.07) is 0. The number of carbonyl (C=O) groups is 1. The van der Waals surface area contributed by atoms with Gasteiger partial charge in [-0.1, -0.05) is 23.8 Å². The van der Waals surface area contributed by atoms with Gasteiger partial charge >= 0.3 is 5.97 Å². The van der Waals surface area contributed by atoms with Gasteiger partial charge in [0.05, 0.1) is 4.87 Å². The number of allylic oxidation sites excluding steroid dienone is 4. The molecule has 0 saturated carbocycles. The summed E-state index contributed by atoms with van der Waals surface area (Å²) in [6.45, 7) is 0.562. The molecule has 1 rings (SSSR count). The molecule has 1 atom stereocenters. The fourth-order valence-electron chi connectivity index (χ4n) is 1.56. The lowest BCUT2D eigenvalue weighted by atomic mass is 9.91. The van der Waals surface area contributed by atoms with E-state index in [4.69, 9.17) is 22.4 Å². The molecule has 0 aromatic carbocycles. The van der Waals surface area contributed by atoms with Crippen molar-refractivity contribution in [3.63, 3.8) is 0 Å². The minimum atomic E-state index is -0.769. The van der Waals surface area contributed by atoms with Gasteiger partial charge in [-0.25, -0.2) is 0 Å². The van der Waals surface area contributed by atoms with E-state index in [1.165, 1.54) is 0 Å². The van der Waals surface area contributed by atoms with E-state index in [-0.39, 0.29) is 11.3 Å². The summed E-state index contributed by atoms with van der Waals surface area (Å²) in [4.78, 5) is 10.0. The van der Waals surface area contributed by atoms with Gasteiger partial charge in [-0.15, -0.1) is 11.6 Å². The van der Waals surface area contributed by atoms with E-state index in [2.05, 4.69) is 0 Å². The first kappa shape index (κ1) is 12.3. The zero-order chi connectivity index (χ0) is 11.3. The Morgan fingerprint density at radius 2 is 2.40 bits per heavy atom. The summed E-state index contributed by atoms with van der Waals surface area (Å²) in [5.74, 6) is -0.769. The molecule has 0 aromatic heterocycles. The van der Waals surface area contributed by atoms with Gasteiger partial charge in [-0.05, 0) is 25.8 Å². The predicted molar refractivity (Wildman–Crippen MR) is 61.0 cm³/mol. The maximum absolute atomic E-state index is 10.4. The van der Waals surface area contributed by atoms with Crippen LogP contribution in [0.5, 0.6) is 0 Å². The van der Waals surface area contributed by atoms with Crippen molar-refractivity contribution in [3.8, 4) is 0 Å². The summed E-state index contributed by atoms with van der Waals surface area (Å²) in [6.07, 6.45) is 8.06. The van der Waals surface area contributed by atoms with Gasteiger partial charge in [0.15, 0.2) is 0 Å². The van der Waals surface area contributed by atoms with Crippen molar-refractivity contribution < 1.29 is 9.90 Å². The highest BCUT2D eigenvalue weighted by Crippen LogP contribution is 2.31. The zero-order valence-electron chi connectivity index (χ0n) is 8.58. The van der Waals surface area contributed by atoms with Gasteiger partial charge < -0.3 is 10.8 Å². The van der Waals surface area contributed by atoms with Crippen molar-refractivity contribution in [1.82, 2.24) is 0 Å². The molecule has 84 valence electrons. The Morgan fingerprint density at radius 3 is 2.87 bits per heavy atom. The average molecular weight is 230 g/mol. The van der Waals surface area contributed by atoms with Crippen LogP contribution in [0.15, 0.2) is 23.8 Å². The van der Waals surface area contributed by atoms with Crippen molar-refractivity contribution in [3.05, 3.63) is 23.8 Å². The fraction of sp³-hybridized carbons (Fsp3) is 0.545. The summed E-state index contributed by atoms with van der Waals surface area (Å²) in [5.41, 5.74) is 6.51. The number of carboxylic acid groups (broad SMARTS) is 1. The second-order valence-corrected chi connectivity index (χ2v) is 4.54. The minimum Gasteiger partial charge on any atom is -0.481 e. The molecule has 0 fully saturated rings. The third-order valence-corrected chi connectivity index (χ3v) is 2.96. The van der Waals surface area contributed by atoms with Crippen LogP contribution in [0, 0.1) is 0 Å². The Kier molecular flexibility index (Phi) is 4.36. The van der Waals surface area contributed by atoms with Crippen molar-refractivity contribution >= 4 is 17.6 Å².